The van der Waals surface area contributed by atoms with Crippen LogP contribution in [0.2, 0.25) is 0 Å². The van der Waals surface area contributed by atoms with Crippen molar-refractivity contribution in [3.63, 3.8) is 0 Å². The van der Waals surface area contributed by atoms with Gasteiger partial charge >= 0.3 is 0 Å². The fourth-order valence-electron chi connectivity index (χ4n) is 4.96. The molecule has 2 aromatic heterocycles. The van der Waals surface area contributed by atoms with Crippen LogP contribution in [0.15, 0.2) is 36.7 Å². The number of phosphoric ester groups is 2. The first-order chi connectivity index (χ1) is 21.0. The lowest BCUT2D eigenvalue weighted by Gasteiger charge is -2.38. The highest BCUT2D eigenvalue weighted by atomic mass is 31.3. The van der Waals surface area contributed by atoms with Gasteiger partial charge in [-0.3, -0.25) is 18.5 Å². The Bertz CT molecular complexity index is 1610. The lowest BCUT2D eigenvalue weighted by atomic mass is 10.0. The van der Waals surface area contributed by atoms with Gasteiger partial charge in [0.1, 0.15) is 48.5 Å². The second-order valence-electron chi connectivity index (χ2n) is 10.4. The van der Waals surface area contributed by atoms with Crippen molar-refractivity contribution in [2.75, 3.05) is 18.9 Å². The number of nitrogen functional groups attached to an aromatic ring is 1. The molecule has 2 fully saturated rings. The van der Waals surface area contributed by atoms with Crippen LogP contribution in [-0.2, 0) is 36.8 Å². The molecule has 3 aliphatic heterocycles. The Hall–Kier alpha value is -2.88. The number of anilines is 1. The zero-order valence-electron chi connectivity index (χ0n) is 23.2. The summed E-state index contributed by atoms with van der Waals surface area (Å²) < 4.78 is 50.3. The van der Waals surface area contributed by atoms with Gasteiger partial charge in [-0.2, -0.15) is 0 Å². The van der Waals surface area contributed by atoms with E-state index in [9.17, 15) is 44.1 Å². The average Bonchev–Trinajstić information content (AvgIpc) is 3.60. The van der Waals surface area contributed by atoms with Crippen LogP contribution in [0, 0.1) is 0 Å². The molecule has 2 aromatic rings. The van der Waals surface area contributed by atoms with Crippen molar-refractivity contribution in [1.29, 1.82) is 0 Å². The van der Waals surface area contributed by atoms with Crippen molar-refractivity contribution in [2.45, 2.75) is 61.9 Å². The second kappa shape index (κ2) is 12.4. The molecule has 45 heavy (non-hydrogen) atoms. The lowest BCUT2D eigenvalue weighted by Crippen LogP contribution is -2.51. The minimum Gasteiger partial charge on any atom is -0.756 e. The van der Waals surface area contributed by atoms with Crippen LogP contribution in [-0.4, -0.2) is 106 Å². The van der Waals surface area contributed by atoms with Crippen molar-refractivity contribution in [3.8, 4) is 0 Å². The highest BCUT2D eigenvalue weighted by molar-refractivity contribution is 7.59. The largest absolute Gasteiger partial charge is 0.756 e. The number of aliphatic hydroxyl groups is 4. The first-order valence-corrected chi connectivity index (χ1v) is 16.0. The number of carbonyl (C=O) groups is 1. The quantitative estimate of drug-likeness (QED) is 0.125. The molecular formula is C22H29N7O14P2-2. The van der Waals surface area contributed by atoms with E-state index in [0.29, 0.717) is 0 Å². The van der Waals surface area contributed by atoms with E-state index in [1.165, 1.54) is 35.1 Å². The molecule has 5 heterocycles. The number of aliphatic hydroxyl groups excluding tert-OH is 4. The van der Waals surface area contributed by atoms with Gasteiger partial charge in [0, 0.05) is 18.0 Å². The monoisotopic (exact) mass is 677 g/mol. The van der Waals surface area contributed by atoms with Crippen LogP contribution in [0.3, 0.4) is 0 Å². The van der Waals surface area contributed by atoms with Crippen LogP contribution >= 0.6 is 15.6 Å². The van der Waals surface area contributed by atoms with Crippen LogP contribution in [0.25, 0.3) is 11.2 Å². The molecule has 5 rings (SSSR count). The Morgan fingerprint density at radius 1 is 1.09 bits per heavy atom. The Labute approximate surface area is 253 Å². The standard InChI is InChI=1S/C22H31N7O14P2/c1-22(28-4-2-3-10(5-28)19(24)34)17(33)15(31)12(42-22)7-40-45(37,38)43-44(35,36)39-6-11-14(30)16(32)21(41-11)29-9-27-13-18(23)25-8-26-20(13)29/h2,4-5,8-9,11-12,14-17,21,30-33H,3,6-7H2,1H3,(H2,24,34)(H,35,36)(H,37,38)(H2,23,25,26)/p-2/t11-,12-,14?,15?,16?,17?,21-,22-/m1/s1. The molecule has 0 aliphatic carbocycles. The fourth-order valence-corrected chi connectivity index (χ4v) is 6.98. The molecular weight excluding hydrogens is 648 g/mol. The Kier molecular flexibility index (Phi) is 9.21. The Balaban J connectivity index is 1.17. The number of amides is 1. The van der Waals surface area contributed by atoms with Gasteiger partial charge in [-0.1, -0.05) is 6.08 Å². The molecule has 0 radical (unpaired) electrons. The zero-order valence-corrected chi connectivity index (χ0v) is 25.0. The van der Waals surface area contributed by atoms with E-state index < -0.39 is 83.3 Å². The Morgan fingerprint density at radius 2 is 1.76 bits per heavy atom. The maximum absolute atomic E-state index is 12.3. The molecule has 0 spiro atoms. The summed E-state index contributed by atoms with van der Waals surface area (Å²) in [5.74, 6) is -0.693. The summed E-state index contributed by atoms with van der Waals surface area (Å²) in [5.41, 5.74) is 9.83. The molecule has 10 atom stereocenters. The van der Waals surface area contributed by atoms with Gasteiger partial charge in [0.2, 0.25) is 5.91 Å². The molecule has 2 saturated heterocycles. The SMILES string of the molecule is C[C@@]1(N2C=CCC(C(N)=O)=C2)O[C@H](COP(=O)([O-])OP(=O)([O-])OC[C@H]2O[C@@H](n3cnc4c(N)ncnc43)C(O)C2O)C(O)C1O. The minimum atomic E-state index is -5.70. The van der Waals surface area contributed by atoms with E-state index in [1.807, 2.05) is 0 Å². The van der Waals surface area contributed by atoms with Crippen LogP contribution in [0.4, 0.5) is 5.82 Å². The number of carbonyl (C=O) groups excluding carboxylic acids is 1. The summed E-state index contributed by atoms with van der Waals surface area (Å²) >= 11 is 0. The summed E-state index contributed by atoms with van der Waals surface area (Å²) in [5, 5.41) is 42.0. The highest BCUT2D eigenvalue weighted by Crippen LogP contribution is 2.56. The number of phosphoric acid groups is 2. The second-order valence-corrected chi connectivity index (χ2v) is 13.3. The van der Waals surface area contributed by atoms with E-state index in [1.54, 1.807) is 6.08 Å². The molecule has 1 amide bonds. The topological polar surface area (TPSA) is 323 Å². The van der Waals surface area contributed by atoms with E-state index in [0.717, 1.165) is 6.33 Å². The fraction of sp³-hybridized carbons (Fsp3) is 0.545. The number of fused-ring (bicyclic) bond motifs is 1. The number of nitrogens with zero attached hydrogens (tertiary/aromatic N) is 5. The number of hydrogen-bond acceptors (Lipinski definition) is 19. The lowest BCUT2D eigenvalue weighted by molar-refractivity contribution is -0.247. The molecule has 8 N–H and O–H groups in total. The first kappa shape index (κ1) is 33.5. The number of rotatable bonds is 11. The smallest absolute Gasteiger partial charge is 0.274 e. The number of hydrogen-bond donors (Lipinski definition) is 6. The summed E-state index contributed by atoms with van der Waals surface area (Å²) in [6, 6.07) is 0. The van der Waals surface area contributed by atoms with E-state index in [2.05, 4.69) is 28.3 Å². The van der Waals surface area contributed by atoms with Crippen molar-refractivity contribution in [1.82, 2.24) is 24.4 Å². The maximum Gasteiger partial charge on any atom is 0.274 e. The Morgan fingerprint density at radius 3 is 2.42 bits per heavy atom. The molecule has 0 bridgehead atoms. The summed E-state index contributed by atoms with van der Waals surface area (Å²) in [6.45, 7) is -0.639. The van der Waals surface area contributed by atoms with Gasteiger partial charge in [0.15, 0.2) is 23.4 Å². The van der Waals surface area contributed by atoms with Gasteiger partial charge in [-0.25, -0.2) is 19.3 Å². The third-order valence-electron chi connectivity index (χ3n) is 7.36. The number of nitrogens with two attached hydrogens (primary N) is 2. The number of imidazole rings is 1. The number of ether oxygens (including phenoxy) is 2. The van der Waals surface area contributed by atoms with E-state index in [4.69, 9.17) is 20.9 Å². The van der Waals surface area contributed by atoms with Gasteiger partial charge in [0.05, 0.1) is 19.5 Å². The van der Waals surface area contributed by atoms with Crippen molar-refractivity contribution >= 4 is 38.5 Å². The third-order valence-corrected chi connectivity index (χ3v) is 9.89. The van der Waals surface area contributed by atoms with Crippen LogP contribution in [0.5, 0.6) is 0 Å². The molecule has 3 aliphatic rings. The predicted molar refractivity (Wildman–Crippen MR) is 142 cm³/mol. The number of primary amides is 1. The highest BCUT2D eigenvalue weighted by Gasteiger charge is 2.54. The van der Waals surface area contributed by atoms with Gasteiger partial charge in [-0.05, 0) is 13.3 Å². The van der Waals surface area contributed by atoms with Crippen molar-refractivity contribution in [2.24, 2.45) is 5.73 Å². The van der Waals surface area contributed by atoms with Crippen molar-refractivity contribution < 1.29 is 67.0 Å². The first-order valence-electron chi connectivity index (χ1n) is 13.1. The maximum atomic E-state index is 12.3. The average molecular weight is 677 g/mol. The molecule has 0 aromatic carbocycles. The van der Waals surface area contributed by atoms with Gasteiger partial charge in [0.25, 0.3) is 15.6 Å². The predicted octanol–water partition coefficient (Wildman–Crippen LogP) is -3.56. The van der Waals surface area contributed by atoms with Gasteiger partial charge in [-0.15, -0.1) is 0 Å². The molecule has 6 unspecified atom stereocenters. The molecule has 21 nitrogen and oxygen atoms in total. The van der Waals surface area contributed by atoms with Gasteiger partial charge < -0.3 is 65.1 Å². The van der Waals surface area contributed by atoms with Crippen LogP contribution < -0.4 is 21.3 Å². The minimum absolute atomic E-state index is 0.0367. The van der Waals surface area contributed by atoms with E-state index >= 15 is 0 Å². The molecule has 23 heteroatoms. The van der Waals surface area contributed by atoms with E-state index in [-0.39, 0.29) is 29.0 Å². The normalized spacial score (nSPS) is 34.5. The van der Waals surface area contributed by atoms with Crippen molar-refractivity contribution in [3.05, 3.63) is 36.7 Å². The number of allylic oxidation sites excluding steroid dienone is 1. The molecule has 0 saturated carbocycles. The molecule has 248 valence electrons. The van der Waals surface area contributed by atoms with Crippen LogP contribution in [0.1, 0.15) is 19.6 Å². The summed E-state index contributed by atoms with van der Waals surface area (Å²) in [4.78, 5) is 49.3. The zero-order chi connectivity index (χ0) is 32.9. The number of aromatic nitrogens is 4. The summed E-state index contributed by atoms with van der Waals surface area (Å²) in [6.07, 6.45) is -4.17. The third kappa shape index (κ3) is 6.67. The summed E-state index contributed by atoms with van der Waals surface area (Å²) in [7, 11) is -11.4.